The fourth-order valence-electron chi connectivity index (χ4n) is 5.00. The highest BCUT2D eigenvalue weighted by Gasteiger charge is 2.33. The van der Waals surface area contributed by atoms with E-state index in [0.717, 1.165) is 60.4 Å². The minimum absolute atomic E-state index is 0.112. The lowest BCUT2D eigenvalue weighted by Crippen LogP contribution is -2.48. The van der Waals surface area contributed by atoms with Crippen molar-refractivity contribution >= 4 is 26.7 Å². The van der Waals surface area contributed by atoms with Gasteiger partial charge in [0.15, 0.2) is 11.0 Å². The van der Waals surface area contributed by atoms with Crippen LogP contribution in [0.2, 0.25) is 0 Å². The van der Waals surface area contributed by atoms with Crippen LogP contribution >= 0.6 is 11.3 Å². The second kappa shape index (κ2) is 10.7. The summed E-state index contributed by atoms with van der Waals surface area (Å²) < 4.78 is 8.96. The van der Waals surface area contributed by atoms with Gasteiger partial charge in [0.2, 0.25) is 0 Å². The Kier molecular flexibility index (Phi) is 6.79. The predicted molar refractivity (Wildman–Crippen MR) is 146 cm³/mol. The summed E-state index contributed by atoms with van der Waals surface area (Å²) in [5.74, 6) is 1.69. The van der Waals surface area contributed by atoms with Crippen LogP contribution < -0.4 is 9.64 Å². The van der Waals surface area contributed by atoms with E-state index in [1.807, 2.05) is 28.9 Å². The molecular weight excluding hydrogens is 482 g/mol. The lowest BCUT2D eigenvalue weighted by Gasteiger charge is -2.39. The number of aromatic nitrogens is 5. The number of para-hydroxylation sites is 2. The van der Waals surface area contributed by atoms with E-state index in [0.29, 0.717) is 6.54 Å². The van der Waals surface area contributed by atoms with Crippen LogP contribution in [0.15, 0.2) is 78.9 Å². The molecule has 1 saturated heterocycles. The summed E-state index contributed by atoms with van der Waals surface area (Å²) in [5.41, 5.74) is 3.41. The van der Waals surface area contributed by atoms with Crippen molar-refractivity contribution in [3.8, 4) is 5.75 Å². The van der Waals surface area contributed by atoms with Crippen LogP contribution in [0.25, 0.3) is 10.2 Å². The van der Waals surface area contributed by atoms with Crippen molar-refractivity contribution < 1.29 is 4.74 Å². The van der Waals surface area contributed by atoms with Crippen LogP contribution in [-0.2, 0) is 13.0 Å². The van der Waals surface area contributed by atoms with Gasteiger partial charge in [-0.2, -0.15) is 0 Å². The van der Waals surface area contributed by atoms with Gasteiger partial charge in [-0.15, -0.1) is 5.10 Å². The maximum atomic E-state index is 5.79. The molecule has 3 aromatic carbocycles. The molecule has 1 fully saturated rings. The number of fused-ring (bicyclic) bond motifs is 1. The summed E-state index contributed by atoms with van der Waals surface area (Å²) in [6.07, 6.45) is 0.864. The summed E-state index contributed by atoms with van der Waals surface area (Å²) in [6.45, 7) is 4.21. The maximum Gasteiger partial charge on any atom is 0.186 e. The molecule has 0 amide bonds. The third kappa shape index (κ3) is 4.92. The van der Waals surface area contributed by atoms with Gasteiger partial charge in [0.1, 0.15) is 11.8 Å². The lowest BCUT2D eigenvalue weighted by atomic mass is 10.0. The van der Waals surface area contributed by atoms with Crippen LogP contribution in [-0.4, -0.2) is 63.4 Å². The first-order valence-corrected chi connectivity index (χ1v) is 13.4. The van der Waals surface area contributed by atoms with E-state index in [4.69, 9.17) is 9.72 Å². The largest absolute Gasteiger partial charge is 0.496 e. The average Bonchev–Trinajstić information content (AvgIpc) is 3.61. The van der Waals surface area contributed by atoms with E-state index in [2.05, 4.69) is 79.9 Å². The molecule has 0 spiro atoms. The van der Waals surface area contributed by atoms with Gasteiger partial charge in [-0.3, -0.25) is 4.90 Å². The molecule has 2 aromatic heterocycles. The smallest absolute Gasteiger partial charge is 0.186 e. The zero-order valence-corrected chi connectivity index (χ0v) is 21.6. The minimum atomic E-state index is -0.112. The van der Waals surface area contributed by atoms with E-state index in [-0.39, 0.29) is 6.04 Å². The number of hydrogen-bond acceptors (Lipinski definition) is 8. The molecule has 1 aliphatic rings. The molecule has 1 atom stereocenters. The summed E-state index contributed by atoms with van der Waals surface area (Å²) in [7, 11) is 1.72. The first-order chi connectivity index (χ1) is 18.3. The number of ether oxygens (including phenoxy) is 1. The molecule has 0 aliphatic carbocycles. The maximum absolute atomic E-state index is 5.79. The van der Waals surface area contributed by atoms with Gasteiger partial charge < -0.3 is 9.64 Å². The molecule has 0 bridgehead atoms. The van der Waals surface area contributed by atoms with Crippen molar-refractivity contribution in [1.82, 2.24) is 30.1 Å². The number of benzene rings is 3. The van der Waals surface area contributed by atoms with Crippen LogP contribution in [0.3, 0.4) is 0 Å². The number of thiazole rings is 1. The highest BCUT2D eigenvalue weighted by atomic mass is 32.1. The Labute approximate surface area is 220 Å². The molecule has 3 heterocycles. The second-order valence-corrected chi connectivity index (χ2v) is 10.1. The monoisotopic (exact) mass is 511 g/mol. The number of rotatable bonds is 8. The molecule has 9 heteroatoms. The number of nitrogens with zero attached hydrogens (tertiary/aromatic N) is 7. The Bertz CT molecular complexity index is 1430. The van der Waals surface area contributed by atoms with Gasteiger partial charge in [0, 0.05) is 38.3 Å². The number of anilines is 1. The Morgan fingerprint density at radius 1 is 0.892 bits per heavy atom. The summed E-state index contributed by atoms with van der Waals surface area (Å²) in [6, 6.07) is 26.9. The third-order valence-corrected chi connectivity index (χ3v) is 8.02. The van der Waals surface area contributed by atoms with E-state index in [1.54, 1.807) is 18.4 Å². The second-order valence-electron chi connectivity index (χ2n) is 9.13. The molecular formula is C28H29N7OS. The van der Waals surface area contributed by atoms with E-state index < -0.39 is 0 Å². The highest BCUT2D eigenvalue weighted by molar-refractivity contribution is 7.22. The molecule has 6 rings (SSSR count). The van der Waals surface area contributed by atoms with Crippen LogP contribution in [0.4, 0.5) is 5.13 Å². The molecule has 37 heavy (non-hydrogen) atoms. The number of aryl methyl sites for hydroxylation is 2. The van der Waals surface area contributed by atoms with Crippen molar-refractivity contribution in [2.75, 3.05) is 38.2 Å². The minimum Gasteiger partial charge on any atom is -0.496 e. The first kappa shape index (κ1) is 23.6. The number of piperazine rings is 1. The Morgan fingerprint density at radius 2 is 1.65 bits per heavy atom. The Morgan fingerprint density at radius 3 is 2.46 bits per heavy atom. The Balaban J connectivity index is 1.27. The van der Waals surface area contributed by atoms with Crippen LogP contribution in [0.5, 0.6) is 5.75 Å². The van der Waals surface area contributed by atoms with Crippen molar-refractivity contribution in [3.05, 3.63) is 95.8 Å². The molecule has 8 nitrogen and oxygen atoms in total. The molecule has 0 unspecified atom stereocenters. The van der Waals surface area contributed by atoms with Gasteiger partial charge in [0.25, 0.3) is 0 Å². The zero-order chi connectivity index (χ0) is 25.0. The SMILES string of the molecule is COc1ccccc1[C@H](c1nnnn1CCc1ccccc1)N1CCN(c2nc3ccccc3s2)CC1. The molecule has 188 valence electrons. The van der Waals surface area contributed by atoms with Gasteiger partial charge in [0.05, 0.1) is 17.3 Å². The fraction of sp³-hybridized carbons (Fsp3) is 0.286. The third-order valence-electron chi connectivity index (χ3n) is 6.93. The molecule has 5 aromatic rings. The van der Waals surface area contributed by atoms with E-state index in [1.165, 1.54) is 10.3 Å². The van der Waals surface area contributed by atoms with E-state index >= 15 is 0 Å². The normalized spacial score (nSPS) is 15.2. The van der Waals surface area contributed by atoms with Gasteiger partial charge in [-0.25, -0.2) is 9.67 Å². The quantitative estimate of drug-likeness (QED) is 0.305. The summed E-state index contributed by atoms with van der Waals surface area (Å²) >= 11 is 1.76. The zero-order valence-electron chi connectivity index (χ0n) is 20.8. The van der Waals surface area contributed by atoms with Gasteiger partial charge in [-0.05, 0) is 40.6 Å². The highest BCUT2D eigenvalue weighted by Crippen LogP contribution is 2.35. The van der Waals surface area contributed by atoms with Crippen LogP contribution in [0, 0.1) is 0 Å². The fourth-order valence-corrected chi connectivity index (χ4v) is 6.02. The van der Waals surface area contributed by atoms with Gasteiger partial charge in [-0.1, -0.05) is 72.0 Å². The molecule has 0 N–H and O–H groups in total. The van der Waals surface area contributed by atoms with Gasteiger partial charge >= 0.3 is 0 Å². The average molecular weight is 512 g/mol. The molecule has 0 saturated carbocycles. The first-order valence-electron chi connectivity index (χ1n) is 12.6. The molecule has 0 radical (unpaired) electrons. The predicted octanol–water partition coefficient (Wildman–Crippen LogP) is 4.45. The van der Waals surface area contributed by atoms with Crippen molar-refractivity contribution in [2.24, 2.45) is 0 Å². The number of tetrazole rings is 1. The summed E-state index contributed by atoms with van der Waals surface area (Å²) in [4.78, 5) is 9.73. The van der Waals surface area contributed by atoms with Crippen molar-refractivity contribution in [1.29, 1.82) is 0 Å². The van der Waals surface area contributed by atoms with Crippen molar-refractivity contribution in [3.63, 3.8) is 0 Å². The Hall–Kier alpha value is -3.82. The standard InChI is InChI=1S/C28H29N7OS/c1-36-24-13-7-5-11-22(24)26(27-30-31-32-35(27)16-15-21-9-3-2-4-10-21)33-17-19-34(20-18-33)28-29-23-12-6-8-14-25(23)37-28/h2-14,26H,15-20H2,1H3/t26-/m1/s1. The number of methoxy groups -OCH3 is 1. The van der Waals surface area contributed by atoms with Crippen molar-refractivity contribution in [2.45, 2.75) is 19.0 Å². The topological polar surface area (TPSA) is 72.2 Å². The lowest BCUT2D eigenvalue weighted by molar-refractivity contribution is 0.197. The van der Waals surface area contributed by atoms with E-state index in [9.17, 15) is 0 Å². The van der Waals surface area contributed by atoms with Crippen LogP contribution in [0.1, 0.15) is 23.0 Å². The summed E-state index contributed by atoms with van der Waals surface area (Å²) in [5, 5.41) is 14.1. The number of hydrogen-bond donors (Lipinski definition) is 0. The molecule has 1 aliphatic heterocycles.